The van der Waals surface area contributed by atoms with Gasteiger partial charge in [0.25, 0.3) is 0 Å². The molecule has 0 aromatic heterocycles. The lowest BCUT2D eigenvalue weighted by Crippen LogP contribution is -2.33. The van der Waals surface area contributed by atoms with E-state index in [0.29, 0.717) is 18.0 Å². The predicted octanol–water partition coefficient (Wildman–Crippen LogP) is 4.32. The molecule has 1 aromatic carbocycles. The van der Waals surface area contributed by atoms with Gasteiger partial charge in [-0.25, -0.2) is 0 Å². The molecule has 19 heavy (non-hydrogen) atoms. The van der Waals surface area contributed by atoms with Crippen LogP contribution in [0.3, 0.4) is 0 Å². The van der Waals surface area contributed by atoms with E-state index < -0.39 is 0 Å². The van der Waals surface area contributed by atoms with Crippen LogP contribution >= 0.6 is 11.6 Å². The smallest absolute Gasteiger partial charge is 0.0471 e. The summed E-state index contributed by atoms with van der Waals surface area (Å²) in [4.78, 5) is 2.29. The molecule has 0 spiro atoms. The largest absolute Gasteiger partial charge is 0.372 e. The van der Waals surface area contributed by atoms with Gasteiger partial charge < -0.3 is 10.2 Å². The van der Waals surface area contributed by atoms with Crippen molar-refractivity contribution in [3.63, 3.8) is 0 Å². The molecule has 0 bridgehead atoms. The van der Waals surface area contributed by atoms with Crippen LogP contribution in [0.1, 0.15) is 40.2 Å². The van der Waals surface area contributed by atoms with Crippen molar-refractivity contribution < 1.29 is 0 Å². The minimum atomic E-state index is 0.472. The van der Waals surface area contributed by atoms with Gasteiger partial charge in [0.2, 0.25) is 0 Å². The van der Waals surface area contributed by atoms with Crippen LogP contribution in [0.15, 0.2) is 18.2 Å². The lowest BCUT2D eigenvalue weighted by molar-refractivity contribution is 0.505. The fraction of sp³-hybridized carbons (Fsp3) is 0.625. The number of nitrogens with zero attached hydrogens (tertiary/aromatic N) is 1. The zero-order chi connectivity index (χ0) is 14.6. The Balaban J connectivity index is 2.81. The molecule has 0 aliphatic rings. The van der Waals surface area contributed by atoms with Gasteiger partial charge in [-0.15, -0.1) is 0 Å². The van der Waals surface area contributed by atoms with Crippen LogP contribution in [0.2, 0.25) is 5.02 Å². The van der Waals surface area contributed by atoms with Gasteiger partial charge in [0.05, 0.1) is 0 Å². The fourth-order valence-electron chi connectivity index (χ4n) is 1.90. The van der Waals surface area contributed by atoms with Crippen molar-refractivity contribution in [3.05, 3.63) is 28.8 Å². The van der Waals surface area contributed by atoms with Gasteiger partial charge in [0.15, 0.2) is 0 Å². The zero-order valence-electron chi connectivity index (χ0n) is 13.0. The molecule has 0 aliphatic carbocycles. The van der Waals surface area contributed by atoms with E-state index >= 15 is 0 Å². The van der Waals surface area contributed by atoms with Crippen LogP contribution in [-0.2, 0) is 6.54 Å². The highest BCUT2D eigenvalue weighted by Crippen LogP contribution is 2.25. The SMILES string of the molecule is CC(C)NCc1ccc(N(C)C(C)C(C)C)cc1Cl. The van der Waals surface area contributed by atoms with Crippen molar-refractivity contribution in [3.8, 4) is 0 Å². The molecule has 1 atom stereocenters. The number of benzene rings is 1. The lowest BCUT2D eigenvalue weighted by Gasteiger charge is -2.30. The summed E-state index contributed by atoms with van der Waals surface area (Å²) in [6.07, 6.45) is 0. The number of hydrogen-bond donors (Lipinski definition) is 1. The average molecular weight is 283 g/mol. The first-order chi connectivity index (χ1) is 8.82. The summed E-state index contributed by atoms with van der Waals surface area (Å²) in [6.45, 7) is 11.8. The second kappa shape index (κ2) is 7.16. The third-order valence-corrected chi connectivity index (χ3v) is 4.07. The van der Waals surface area contributed by atoms with Gasteiger partial charge >= 0.3 is 0 Å². The van der Waals surface area contributed by atoms with E-state index in [9.17, 15) is 0 Å². The van der Waals surface area contributed by atoms with E-state index in [4.69, 9.17) is 11.6 Å². The van der Waals surface area contributed by atoms with Crippen LogP contribution in [0, 0.1) is 5.92 Å². The maximum Gasteiger partial charge on any atom is 0.0471 e. The lowest BCUT2D eigenvalue weighted by atomic mass is 10.0. The Labute approximate surface area is 123 Å². The van der Waals surface area contributed by atoms with Crippen LogP contribution in [-0.4, -0.2) is 19.1 Å². The van der Waals surface area contributed by atoms with Gasteiger partial charge in [-0.05, 0) is 30.5 Å². The molecule has 1 aromatic rings. The number of hydrogen-bond acceptors (Lipinski definition) is 2. The number of halogens is 1. The first-order valence-electron chi connectivity index (χ1n) is 7.07. The fourth-order valence-corrected chi connectivity index (χ4v) is 2.14. The summed E-state index contributed by atoms with van der Waals surface area (Å²) >= 11 is 6.37. The number of rotatable bonds is 6. The minimum Gasteiger partial charge on any atom is -0.372 e. The van der Waals surface area contributed by atoms with Crippen molar-refractivity contribution in [1.82, 2.24) is 5.32 Å². The predicted molar refractivity (Wildman–Crippen MR) is 86.1 cm³/mol. The van der Waals surface area contributed by atoms with E-state index in [2.05, 4.69) is 70.1 Å². The molecule has 0 aliphatic heterocycles. The van der Waals surface area contributed by atoms with Crippen LogP contribution in [0.25, 0.3) is 0 Å². The van der Waals surface area contributed by atoms with Crippen molar-refractivity contribution >= 4 is 17.3 Å². The molecule has 0 saturated carbocycles. The maximum atomic E-state index is 6.37. The number of nitrogens with one attached hydrogen (secondary N) is 1. The summed E-state index contributed by atoms with van der Waals surface area (Å²) in [6, 6.07) is 7.31. The third kappa shape index (κ3) is 4.70. The Hall–Kier alpha value is -0.730. The summed E-state index contributed by atoms with van der Waals surface area (Å²) < 4.78 is 0. The summed E-state index contributed by atoms with van der Waals surface area (Å²) in [5, 5.41) is 4.24. The number of anilines is 1. The average Bonchev–Trinajstić information content (AvgIpc) is 2.35. The highest BCUT2D eigenvalue weighted by Gasteiger charge is 2.14. The molecule has 1 rings (SSSR count). The van der Waals surface area contributed by atoms with Crippen LogP contribution in [0.4, 0.5) is 5.69 Å². The Morgan fingerprint density at radius 1 is 1.16 bits per heavy atom. The van der Waals surface area contributed by atoms with Crippen molar-refractivity contribution in [2.24, 2.45) is 5.92 Å². The van der Waals surface area contributed by atoms with E-state index in [1.807, 2.05) is 0 Å². The third-order valence-electron chi connectivity index (χ3n) is 3.72. The standard InChI is InChI=1S/C16H27ClN2/c1-11(2)13(5)19(6)15-8-7-14(16(17)9-15)10-18-12(3)4/h7-9,11-13,18H,10H2,1-6H3. The Bertz CT molecular complexity index is 402. The molecule has 0 saturated heterocycles. The second-order valence-corrected chi connectivity index (χ2v) is 6.31. The van der Waals surface area contributed by atoms with Crippen LogP contribution < -0.4 is 10.2 Å². The van der Waals surface area contributed by atoms with Crippen molar-refractivity contribution in [2.45, 2.75) is 53.2 Å². The molecule has 3 heteroatoms. The van der Waals surface area contributed by atoms with E-state index in [1.54, 1.807) is 0 Å². The highest BCUT2D eigenvalue weighted by molar-refractivity contribution is 6.31. The van der Waals surface area contributed by atoms with Crippen LogP contribution in [0.5, 0.6) is 0 Å². The molecule has 1 unspecified atom stereocenters. The quantitative estimate of drug-likeness (QED) is 0.836. The Morgan fingerprint density at radius 3 is 2.26 bits per heavy atom. The zero-order valence-corrected chi connectivity index (χ0v) is 13.8. The van der Waals surface area contributed by atoms with Gasteiger partial charge in [-0.2, -0.15) is 0 Å². The van der Waals surface area contributed by atoms with E-state index in [1.165, 1.54) is 5.69 Å². The maximum absolute atomic E-state index is 6.37. The molecular formula is C16H27ClN2. The van der Waals surface area contributed by atoms with Gasteiger partial charge in [0.1, 0.15) is 0 Å². The summed E-state index contributed by atoms with van der Waals surface area (Å²) in [5.74, 6) is 0.617. The Kier molecular flexibility index (Phi) is 6.15. The molecular weight excluding hydrogens is 256 g/mol. The first kappa shape index (κ1) is 16.3. The molecule has 1 N–H and O–H groups in total. The van der Waals surface area contributed by atoms with Gasteiger partial charge in [-0.3, -0.25) is 0 Å². The topological polar surface area (TPSA) is 15.3 Å². The second-order valence-electron chi connectivity index (χ2n) is 5.91. The summed E-state index contributed by atoms with van der Waals surface area (Å²) in [5.41, 5.74) is 2.34. The first-order valence-corrected chi connectivity index (χ1v) is 7.45. The van der Waals surface area contributed by atoms with E-state index in [0.717, 1.165) is 17.1 Å². The van der Waals surface area contributed by atoms with Gasteiger partial charge in [-0.1, -0.05) is 45.4 Å². The minimum absolute atomic E-state index is 0.472. The van der Waals surface area contributed by atoms with Crippen molar-refractivity contribution in [1.29, 1.82) is 0 Å². The monoisotopic (exact) mass is 282 g/mol. The molecule has 108 valence electrons. The molecule has 2 nitrogen and oxygen atoms in total. The summed E-state index contributed by atoms with van der Waals surface area (Å²) in [7, 11) is 2.13. The molecule has 0 heterocycles. The Morgan fingerprint density at radius 2 is 1.79 bits per heavy atom. The molecule has 0 fully saturated rings. The van der Waals surface area contributed by atoms with Gasteiger partial charge in [0, 0.05) is 36.4 Å². The van der Waals surface area contributed by atoms with E-state index in [-0.39, 0.29) is 0 Å². The molecule has 0 amide bonds. The van der Waals surface area contributed by atoms with Crippen molar-refractivity contribution in [2.75, 3.05) is 11.9 Å². The highest BCUT2D eigenvalue weighted by atomic mass is 35.5. The molecule has 0 radical (unpaired) electrons. The normalized spacial score (nSPS) is 13.1.